The molecule has 1 rings (SSSR count). The van der Waals surface area contributed by atoms with Crippen LogP contribution in [0.3, 0.4) is 0 Å². The van der Waals surface area contributed by atoms with Crippen molar-refractivity contribution in [2.75, 3.05) is 7.11 Å². The summed E-state index contributed by atoms with van der Waals surface area (Å²) < 4.78 is 6.31. The molecule has 4 heteroatoms. The first-order valence-electron chi connectivity index (χ1n) is 3.15. The summed E-state index contributed by atoms with van der Waals surface area (Å²) in [7, 11) is 8.62. The van der Waals surface area contributed by atoms with Crippen molar-refractivity contribution in [3.63, 3.8) is 0 Å². The van der Waals surface area contributed by atoms with Gasteiger partial charge in [0.05, 0.1) is 7.11 Å². The molecule has 0 unspecified atom stereocenters. The van der Waals surface area contributed by atoms with Gasteiger partial charge in [-0.15, -0.1) is 0 Å². The van der Waals surface area contributed by atoms with Crippen LogP contribution in [0, 0.1) is 0 Å². The number of hydrogen-bond donors (Lipinski definition) is 0. The predicted molar refractivity (Wildman–Crippen MR) is 43.6 cm³/mol. The lowest BCUT2D eigenvalue weighted by Gasteiger charge is -2.05. The molecule has 0 N–H and O–H groups in total. The lowest BCUT2D eigenvalue weighted by molar-refractivity contribution is 0.413. The molecule has 1 aromatic rings. The van der Waals surface area contributed by atoms with Crippen LogP contribution in [0.1, 0.15) is 0 Å². The van der Waals surface area contributed by atoms with E-state index in [0.29, 0.717) is 11.2 Å². The highest BCUT2D eigenvalue weighted by Gasteiger charge is 1.98. The monoisotopic (exact) mass is 149 g/mol. The second-order valence-corrected chi connectivity index (χ2v) is 2.25. The Bertz CT molecular complexity index is 319. The molecule has 1 aromatic heterocycles. The molecule has 0 aliphatic carbocycles. The average Bonchev–Trinajstić information content (AvgIpc) is 1.97. The molecule has 1 heterocycles. The van der Waals surface area contributed by atoms with Crippen LogP contribution >= 0.6 is 0 Å². The van der Waals surface area contributed by atoms with E-state index in [1.165, 1.54) is 17.7 Å². The summed E-state index contributed by atoms with van der Waals surface area (Å²) in [5.74, 6) is 0.520. The maximum atomic E-state index is 10.9. The predicted octanol–water partition coefficient (Wildman–Crippen LogP) is -0.812. The first kappa shape index (κ1) is 7.92. The molecular formula is C7H8BNO2. The highest BCUT2D eigenvalue weighted by atomic mass is 16.5. The number of methoxy groups -OCH3 is 1. The standard InChI is InChI=1S/C7H8BNO2/c1-9-4-6(11-2)5(8)3-7(9)10/h3-4H,1-2H3. The number of rotatable bonds is 1. The highest BCUT2D eigenvalue weighted by molar-refractivity contribution is 6.34. The number of nitrogens with zero attached hydrogens (tertiary/aromatic N) is 1. The van der Waals surface area contributed by atoms with E-state index in [1.807, 2.05) is 0 Å². The molecule has 0 atom stereocenters. The molecule has 0 saturated heterocycles. The van der Waals surface area contributed by atoms with Crippen molar-refractivity contribution in [2.45, 2.75) is 0 Å². The van der Waals surface area contributed by atoms with Crippen LogP contribution in [0.15, 0.2) is 17.1 Å². The maximum Gasteiger partial charge on any atom is 0.249 e. The maximum absolute atomic E-state index is 10.9. The molecule has 56 valence electrons. The van der Waals surface area contributed by atoms with Gasteiger partial charge in [-0.1, -0.05) is 0 Å². The fraction of sp³-hybridized carbons (Fsp3) is 0.286. The minimum Gasteiger partial charge on any atom is -0.496 e. The lowest BCUT2D eigenvalue weighted by Crippen LogP contribution is -2.22. The first-order chi connectivity index (χ1) is 5.15. The molecule has 0 bridgehead atoms. The largest absolute Gasteiger partial charge is 0.496 e. The minimum absolute atomic E-state index is 0.136. The summed E-state index contributed by atoms with van der Waals surface area (Å²) in [6, 6.07) is 1.33. The molecule has 0 aliphatic rings. The van der Waals surface area contributed by atoms with E-state index in [9.17, 15) is 4.79 Å². The highest BCUT2D eigenvalue weighted by Crippen LogP contribution is 1.99. The molecule has 11 heavy (non-hydrogen) atoms. The Morgan fingerprint density at radius 3 is 2.82 bits per heavy atom. The van der Waals surface area contributed by atoms with Gasteiger partial charge in [0.2, 0.25) is 5.56 Å². The average molecular weight is 149 g/mol. The molecule has 0 aliphatic heterocycles. The van der Waals surface area contributed by atoms with Crippen LogP contribution in [0.4, 0.5) is 0 Å². The summed E-state index contributed by atoms with van der Waals surface area (Å²) in [6.45, 7) is 0. The van der Waals surface area contributed by atoms with Crippen molar-refractivity contribution < 1.29 is 4.74 Å². The Morgan fingerprint density at radius 1 is 1.64 bits per heavy atom. The zero-order valence-corrected chi connectivity index (χ0v) is 6.50. The van der Waals surface area contributed by atoms with Crippen molar-refractivity contribution in [2.24, 2.45) is 7.05 Å². The van der Waals surface area contributed by atoms with E-state index in [2.05, 4.69) is 0 Å². The smallest absolute Gasteiger partial charge is 0.249 e. The van der Waals surface area contributed by atoms with Crippen molar-refractivity contribution in [1.29, 1.82) is 0 Å². The van der Waals surface area contributed by atoms with E-state index in [0.717, 1.165) is 0 Å². The number of pyridine rings is 1. The lowest BCUT2D eigenvalue weighted by atomic mass is 9.97. The third kappa shape index (κ3) is 1.45. The zero-order valence-electron chi connectivity index (χ0n) is 6.50. The van der Waals surface area contributed by atoms with Crippen LogP contribution in [0.5, 0.6) is 5.75 Å². The Morgan fingerprint density at radius 2 is 2.27 bits per heavy atom. The topological polar surface area (TPSA) is 31.2 Å². The third-order valence-electron chi connectivity index (χ3n) is 1.44. The Balaban J connectivity index is 3.32. The van der Waals surface area contributed by atoms with Crippen molar-refractivity contribution in [1.82, 2.24) is 4.57 Å². The van der Waals surface area contributed by atoms with Gasteiger partial charge in [0.25, 0.3) is 0 Å². The Labute approximate surface area is 66.0 Å². The van der Waals surface area contributed by atoms with Gasteiger partial charge in [0.1, 0.15) is 13.6 Å². The van der Waals surface area contributed by atoms with E-state index in [4.69, 9.17) is 12.6 Å². The Hall–Kier alpha value is -1.19. The van der Waals surface area contributed by atoms with Gasteiger partial charge in [0, 0.05) is 19.3 Å². The van der Waals surface area contributed by atoms with E-state index >= 15 is 0 Å². The van der Waals surface area contributed by atoms with Crippen LogP contribution < -0.4 is 15.8 Å². The van der Waals surface area contributed by atoms with Crippen molar-refractivity contribution in [3.05, 3.63) is 22.6 Å². The van der Waals surface area contributed by atoms with Gasteiger partial charge in [-0.25, -0.2) is 0 Å². The molecular weight excluding hydrogens is 141 g/mol. The summed E-state index contributed by atoms with van der Waals surface area (Å²) in [4.78, 5) is 10.9. The van der Waals surface area contributed by atoms with E-state index in [-0.39, 0.29) is 5.56 Å². The SMILES string of the molecule is [B]c1cc(=O)n(C)cc1OC. The fourth-order valence-corrected chi connectivity index (χ4v) is 0.791. The van der Waals surface area contributed by atoms with E-state index < -0.39 is 0 Å². The second kappa shape index (κ2) is 2.82. The molecule has 0 saturated carbocycles. The number of aryl methyl sites for hydroxylation is 1. The number of hydrogen-bond acceptors (Lipinski definition) is 2. The molecule has 0 spiro atoms. The molecule has 0 fully saturated rings. The normalized spacial score (nSPS) is 9.64. The van der Waals surface area contributed by atoms with Gasteiger partial charge in [-0.05, 0) is 5.46 Å². The van der Waals surface area contributed by atoms with Crippen molar-refractivity contribution >= 4 is 13.3 Å². The summed E-state index contributed by atoms with van der Waals surface area (Å²) >= 11 is 0. The zero-order chi connectivity index (χ0) is 8.43. The molecule has 2 radical (unpaired) electrons. The number of ether oxygens (including phenoxy) is 1. The first-order valence-corrected chi connectivity index (χ1v) is 3.15. The Kier molecular flexibility index (Phi) is 2.03. The second-order valence-electron chi connectivity index (χ2n) is 2.25. The molecule has 0 amide bonds. The third-order valence-corrected chi connectivity index (χ3v) is 1.44. The van der Waals surface area contributed by atoms with Crippen molar-refractivity contribution in [3.8, 4) is 5.75 Å². The van der Waals surface area contributed by atoms with Crippen LogP contribution in [0.25, 0.3) is 0 Å². The molecule has 3 nitrogen and oxygen atoms in total. The summed E-state index contributed by atoms with van der Waals surface area (Å²) in [5.41, 5.74) is 0.235. The van der Waals surface area contributed by atoms with Gasteiger partial charge in [-0.2, -0.15) is 0 Å². The van der Waals surface area contributed by atoms with Crippen LogP contribution in [-0.4, -0.2) is 19.5 Å². The quantitative estimate of drug-likeness (QED) is 0.489. The van der Waals surface area contributed by atoms with Crippen LogP contribution in [-0.2, 0) is 7.05 Å². The van der Waals surface area contributed by atoms with Gasteiger partial charge < -0.3 is 9.30 Å². The van der Waals surface area contributed by atoms with Crippen LogP contribution in [0.2, 0.25) is 0 Å². The molecule has 0 aromatic carbocycles. The minimum atomic E-state index is -0.136. The summed E-state index contributed by atoms with van der Waals surface area (Å²) in [5, 5.41) is 0. The van der Waals surface area contributed by atoms with Gasteiger partial charge in [-0.3, -0.25) is 4.79 Å². The van der Waals surface area contributed by atoms with Gasteiger partial charge in [0.15, 0.2) is 0 Å². The van der Waals surface area contributed by atoms with Gasteiger partial charge >= 0.3 is 0 Å². The fourth-order valence-electron chi connectivity index (χ4n) is 0.791. The summed E-state index contributed by atoms with van der Waals surface area (Å²) in [6.07, 6.45) is 1.55. The van der Waals surface area contributed by atoms with E-state index in [1.54, 1.807) is 13.2 Å². The number of aromatic nitrogens is 1.